The molecule has 30 heavy (non-hydrogen) atoms. The van der Waals surface area contributed by atoms with Gasteiger partial charge in [0.2, 0.25) is 5.91 Å². The van der Waals surface area contributed by atoms with Crippen LogP contribution in [-0.2, 0) is 11.2 Å². The van der Waals surface area contributed by atoms with Gasteiger partial charge in [-0.2, -0.15) is 0 Å². The van der Waals surface area contributed by atoms with Crippen LogP contribution in [0.5, 0.6) is 0 Å². The quantitative estimate of drug-likeness (QED) is 0.733. The second-order valence-electron chi connectivity index (χ2n) is 7.93. The molecule has 1 aliphatic heterocycles. The van der Waals surface area contributed by atoms with E-state index >= 15 is 0 Å². The molecule has 0 aliphatic carbocycles. The summed E-state index contributed by atoms with van der Waals surface area (Å²) in [7, 11) is 1.58. The Labute approximate surface area is 178 Å². The average Bonchev–Trinajstić information content (AvgIpc) is 2.76. The number of nitrogens with one attached hydrogen (secondary N) is 2. The van der Waals surface area contributed by atoms with Gasteiger partial charge in [0.1, 0.15) is 11.9 Å². The molecular formula is C23H31N5O2. The van der Waals surface area contributed by atoms with Gasteiger partial charge in [-0.1, -0.05) is 37.3 Å². The number of piperidine rings is 1. The van der Waals surface area contributed by atoms with Crippen LogP contribution in [0, 0.1) is 12.8 Å². The molecule has 2 heterocycles. The SMILES string of the molecule is CNC(=O)c1cnc(C)nc1CCNC(=O)[C@H](c1ccccc1)N1CCC(C)CC1. The number of rotatable bonds is 7. The Hall–Kier alpha value is -2.80. The van der Waals surface area contributed by atoms with Gasteiger partial charge < -0.3 is 10.6 Å². The lowest BCUT2D eigenvalue weighted by Crippen LogP contribution is -2.44. The maximum Gasteiger partial charge on any atom is 0.254 e. The lowest BCUT2D eigenvalue weighted by Gasteiger charge is -2.36. The summed E-state index contributed by atoms with van der Waals surface area (Å²) >= 11 is 0. The Morgan fingerprint density at radius 1 is 1.20 bits per heavy atom. The molecule has 7 heteroatoms. The highest BCUT2D eigenvalue weighted by Gasteiger charge is 2.30. The minimum absolute atomic E-state index is 0.0111. The number of hydrogen-bond donors (Lipinski definition) is 2. The largest absolute Gasteiger partial charge is 0.355 e. The van der Waals surface area contributed by atoms with Gasteiger partial charge in [-0.15, -0.1) is 0 Å². The molecule has 0 unspecified atom stereocenters. The Bertz CT molecular complexity index is 863. The van der Waals surface area contributed by atoms with Crippen LogP contribution >= 0.6 is 0 Å². The van der Waals surface area contributed by atoms with E-state index in [2.05, 4.69) is 32.4 Å². The average molecular weight is 410 g/mol. The fourth-order valence-corrected chi connectivity index (χ4v) is 3.88. The van der Waals surface area contributed by atoms with E-state index in [1.165, 1.54) is 0 Å². The fraction of sp³-hybridized carbons (Fsp3) is 0.478. The smallest absolute Gasteiger partial charge is 0.254 e. The lowest BCUT2D eigenvalue weighted by atomic mass is 9.95. The molecule has 3 rings (SSSR count). The molecular weight excluding hydrogens is 378 g/mol. The molecule has 0 saturated carbocycles. The fourth-order valence-electron chi connectivity index (χ4n) is 3.88. The monoisotopic (exact) mass is 409 g/mol. The van der Waals surface area contributed by atoms with Crippen molar-refractivity contribution in [2.45, 2.75) is 39.2 Å². The normalized spacial score (nSPS) is 16.1. The molecule has 7 nitrogen and oxygen atoms in total. The molecule has 2 amide bonds. The molecule has 0 spiro atoms. The van der Waals surface area contributed by atoms with Crippen LogP contribution in [0.1, 0.15) is 53.2 Å². The van der Waals surface area contributed by atoms with E-state index in [-0.39, 0.29) is 17.9 Å². The van der Waals surface area contributed by atoms with Crippen molar-refractivity contribution in [2.24, 2.45) is 5.92 Å². The van der Waals surface area contributed by atoms with Gasteiger partial charge in [0.05, 0.1) is 11.3 Å². The van der Waals surface area contributed by atoms with E-state index in [1.807, 2.05) is 30.3 Å². The van der Waals surface area contributed by atoms with Crippen LogP contribution in [0.2, 0.25) is 0 Å². The van der Waals surface area contributed by atoms with Crippen molar-refractivity contribution in [3.8, 4) is 0 Å². The summed E-state index contributed by atoms with van der Waals surface area (Å²) in [6.07, 6.45) is 4.22. The number of amides is 2. The molecule has 0 bridgehead atoms. The Morgan fingerprint density at radius 2 is 1.90 bits per heavy atom. The van der Waals surface area contributed by atoms with Crippen molar-refractivity contribution in [3.05, 3.63) is 59.2 Å². The number of nitrogens with zero attached hydrogens (tertiary/aromatic N) is 3. The first kappa shape index (κ1) is 21.9. The minimum Gasteiger partial charge on any atom is -0.355 e. The van der Waals surface area contributed by atoms with Gasteiger partial charge in [-0.05, 0) is 44.3 Å². The third-order valence-electron chi connectivity index (χ3n) is 5.67. The molecule has 1 fully saturated rings. The highest BCUT2D eigenvalue weighted by atomic mass is 16.2. The van der Waals surface area contributed by atoms with E-state index < -0.39 is 0 Å². The first-order valence-electron chi connectivity index (χ1n) is 10.6. The second kappa shape index (κ2) is 10.3. The zero-order valence-electron chi connectivity index (χ0n) is 18.0. The summed E-state index contributed by atoms with van der Waals surface area (Å²) in [6.45, 7) is 6.30. The molecule has 1 aliphatic rings. The summed E-state index contributed by atoms with van der Waals surface area (Å²) in [5.74, 6) is 1.07. The van der Waals surface area contributed by atoms with E-state index in [0.29, 0.717) is 36.0 Å². The van der Waals surface area contributed by atoms with E-state index in [4.69, 9.17) is 0 Å². The van der Waals surface area contributed by atoms with E-state index in [9.17, 15) is 9.59 Å². The molecule has 1 atom stereocenters. The van der Waals surface area contributed by atoms with Crippen LogP contribution < -0.4 is 10.6 Å². The summed E-state index contributed by atoms with van der Waals surface area (Å²) in [6, 6.07) is 9.64. The maximum atomic E-state index is 13.2. The predicted molar refractivity (Wildman–Crippen MR) is 116 cm³/mol. The topological polar surface area (TPSA) is 87.2 Å². The zero-order valence-corrected chi connectivity index (χ0v) is 18.0. The van der Waals surface area contributed by atoms with Gasteiger partial charge in [-0.3, -0.25) is 14.5 Å². The standard InChI is InChI=1S/C23H31N5O2/c1-16-10-13-28(14-11-16)21(18-7-5-4-6-8-18)23(30)25-12-9-20-19(22(29)24-3)15-26-17(2)27-20/h4-8,15-16,21H,9-14H2,1-3H3,(H,24,29)(H,25,30)/t21-/m0/s1. The van der Waals surface area contributed by atoms with Gasteiger partial charge in [0.15, 0.2) is 0 Å². The minimum atomic E-state index is -0.302. The number of hydrogen-bond acceptors (Lipinski definition) is 5. The van der Waals surface area contributed by atoms with Crippen LogP contribution in [0.4, 0.5) is 0 Å². The van der Waals surface area contributed by atoms with Gasteiger partial charge in [-0.25, -0.2) is 9.97 Å². The maximum absolute atomic E-state index is 13.2. The van der Waals surface area contributed by atoms with Crippen LogP contribution in [0.25, 0.3) is 0 Å². The Kier molecular flexibility index (Phi) is 7.52. The van der Waals surface area contributed by atoms with Crippen molar-refractivity contribution in [2.75, 3.05) is 26.7 Å². The summed E-state index contributed by atoms with van der Waals surface area (Å²) in [5, 5.41) is 5.68. The van der Waals surface area contributed by atoms with Crippen molar-refractivity contribution in [1.29, 1.82) is 0 Å². The first-order chi connectivity index (χ1) is 14.5. The number of likely N-dealkylation sites (tertiary alicyclic amines) is 1. The highest BCUT2D eigenvalue weighted by molar-refractivity contribution is 5.94. The van der Waals surface area contributed by atoms with Crippen molar-refractivity contribution in [3.63, 3.8) is 0 Å². The number of aryl methyl sites for hydroxylation is 1. The molecule has 1 saturated heterocycles. The summed E-state index contributed by atoms with van der Waals surface area (Å²) < 4.78 is 0. The second-order valence-corrected chi connectivity index (χ2v) is 7.93. The molecule has 2 N–H and O–H groups in total. The number of carbonyl (C=O) groups is 2. The molecule has 160 valence electrons. The van der Waals surface area contributed by atoms with Gasteiger partial charge in [0.25, 0.3) is 5.91 Å². The van der Waals surface area contributed by atoms with Gasteiger partial charge in [0, 0.05) is 26.2 Å². The van der Waals surface area contributed by atoms with Crippen molar-refractivity contribution in [1.82, 2.24) is 25.5 Å². The molecule has 0 radical (unpaired) electrons. The van der Waals surface area contributed by atoms with Crippen LogP contribution in [-0.4, -0.2) is 53.4 Å². The highest BCUT2D eigenvalue weighted by Crippen LogP contribution is 2.27. The van der Waals surface area contributed by atoms with Gasteiger partial charge >= 0.3 is 0 Å². The third-order valence-corrected chi connectivity index (χ3v) is 5.67. The number of carbonyl (C=O) groups excluding carboxylic acids is 2. The molecule has 1 aromatic carbocycles. The summed E-state index contributed by atoms with van der Waals surface area (Å²) in [4.78, 5) is 36.1. The number of benzene rings is 1. The third kappa shape index (κ3) is 5.42. The Balaban J connectivity index is 1.70. The first-order valence-corrected chi connectivity index (χ1v) is 10.6. The van der Waals surface area contributed by atoms with Crippen LogP contribution in [0.15, 0.2) is 36.5 Å². The predicted octanol–water partition coefficient (Wildman–Crippen LogP) is 2.28. The summed E-state index contributed by atoms with van der Waals surface area (Å²) in [5.41, 5.74) is 2.10. The Morgan fingerprint density at radius 3 is 2.57 bits per heavy atom. The van der Waals surface area contributed by atoms with Crippen molar-refractivity contribution >= 4 is 11.8 Å². The van der Waals surface area contributed by atoms with E-state index in [0.717, 1.165) is 31.5 Å². The van der Waals surface area contributed by atoms with E-state index in [1.54, 1.807) is 20.2 Å². The lowest BCUT2D eigenvalue weighted by molar-refractivity contribution is -0.127. The van der Waals surface area contributed by atoms with Crippen LogP contribution in [0.3, 0.4) is 0 Å². The molecule has 2 aromatic rings. The number of aromatic nitrogens is 2. The zero-order chi connectivity index (χ0) is 21.5. The molecule has 1 aromatic heterocycles. The van der Waals surface area contributed by atoms with Crippen molar-refractivity contribution < 1.29 is 9.59 Å².